The van der Waals surface area contributed by atoms with E-state index in [2.05, 4.69) is 68.6 Å². The first-order valence-electron chi connectivity index (χ1n) is 19.4. The molecular weight excluding hydrogens is 769 g/mol. The molecule has 2 heterocycles. The van der Waals surface area contributed by atoms with Gasteiger partial charge in [0.1, 0.15) is 34.1 Å². The number of aromatic nitrogens is 1. The first-order valence-corrected chi connectivity index (χ1v) is 21.0. The van der Waals surface area contributed by atoms with Crippen LogP contribution in [-0.2, 0) is 16.4 Å². The summed E-state index contributed by atoms with van der Waals surface area (Å²) in [5.74, 6) is 2.24. The number of piperazine rings is 1. The number of rotatable bonds is 14. The number of ether oxygens (including phenoxy) is 3. The van der Waals surface area contributed by atoms with E-state index in [-0.39, 0.29) is 17.4 Å². The van der Waals surface area contributed by atoms with Crippen molar-refractivity contribution in [2.75, 3.05) is 80.9 Å². The van der Waals surface area contributed by atoms with E-state index in [1.807, 2.05) is 49.4 Å². The molecule has 14 nitrogen and oxygen atoms in total. The Kier molecular flexibility index (Phi) is 13.6. The molecule has 6 rings (SSSR count). The smallest absolute Gasteiger partial charge is 0.323 e. The number of benzene rings is 4. The molecule has 1 aliphatic rings. The second-order valence-corrected chi connectivity index (χ2v) is 16.8. The molecule has 0 bridgehead atoms. The third-order valence-electron chi connectivity index (χ3n) is 9.98. The van der Waals surface area contributed by atoms with Gasteiger partial charge in [0.25, 0.3) is 5.91 Å². The number of hydrogen-bond donors (Lipinski definition) is 5. The molecule has 4 aromatic carbocycles. The Bertz CT molecular complexity index is 2330. The molecule has 1 fully saturated rings. The van der Waals surface area contributed by atoms with Crippen molar-refractivity contribution in [2.45, 2.75) is 39.2 Å². The number of nitrogens with zero attached hydrogens (tertiary/aromatic N) is 3. The van der Waals surface area contributed by atoms with Crippen LogP contribution in [0.1, 0.15) is 43.6 Å². The van der Waals surface area contributed by atoms with Crippen molar-refractivity contribution in [2.24, 2.45) is 0 Å². The summed E-state index contributed by atoms with van der Waals surface area (Å²) in [6.45, 7) is 13.0. The number of anilines is 5. The highest BCUT2D eigenvalue weighted by Crippen LogP contribution is 2.40. The van der Waals surface area contributed by atoms with Gasteiger partial charge in [-0.15, -0.1) is 0 Å². The van der Waals surface area contributed by atoms with Gasteiger partial charge in [0, 0.05) is 79.8 Å². The predicted molar refractivity (Wildman–Crippen MR) is 237 cm³/mol. The van der Waals surface area contributed by atoms with Crippen LogP contribution in [0.2, 0.25) is 0 Å². The minimum Gasteiger partial charge on any atom is -0.496 e. The molecule has 0 radical (unpaired) electrons. The molecule has 15 heteroatoms. The number of likely N-dealkylation sites (N-methyl/N-ethyl adjacent to an activating group) is 1. The number of methoxy groups -OCH3 is 2. The van der Waals surface area contributed by atoms with Crippen molar-refractivity contribution < 1.29 is 28.0 Å². The van der Waals surface area contributed by atoms with Gasteiger partial charge in [0.15, 0.2) is 5.75 Å². The first-order chi connectivity index (χ1) is 28.2. The van der Waals surface area contributed by atoms with Crippen LogP contribution in [0, 0.1) is 0 Å². The molecule has 2 atom stereocenters. The van der Waals surface area contributed by atoms with Crippen molar-refractivity contribution in [3.05, 3.63) is 96.2 Å². The van der Waals surface area contributed by atoms with Crippen LogP contribution >= 0.6 is 0 Å². The fourth-order valence-corrected chi connectivity index (χ4v) is 7.35. The highest BCUT2D eigenvalue weighted by Gasteiger charge is 2.23. The van der Waals surface area contributed by atoms with Crippen LogP contribution in [0.15, 0.2) is 85.1 Å². The Morgan fingerprint density at radius 1 is 0.847 bits per heavy atom. The predicted octanol–water partition coefficient (Wildman–Crippen LogP) is 7.80. The van der Waals surface area contributed by atoms with Crippen molar-refractivity contribution >= 4 is 62.3 Å². The number of amides is 3. The van der Waals surface area contributed by atoms with E-state index in [9.17, 15) is 13.8 Å². The third-order valence-corrected chi connectivity index (χ3v) is 10.5. The van der Waals surface area contributed by atoms with Gasteiger partial charge in [-0.2, -0.15) is 0 Å². The average molecular weight is 823 g/mol. The SMILES string of the molecule is COc1cc(Nc2cc(Oc3ccc(NC(=O)Nc4cc(C(C)(C)C)cc(NS(C)=O)c4OC)c4ccccc34)ccn2)ccc1C(=O)NC(C)CN1CCN(C)CC1. The van der Waals surface area contributed by atoms with Crippen molar-refractivity contribution in [3.8, 4) is 23.0 Å². The zero-order valence-electron chi connectivity index (χ0n) is 34.9. The van der Waals surface area contributed by atoms with E-state index < -0.39 is 17.0 Å². The number of carbonyl (C=O) groups is 2. The monoisotopic (exact) mass is 822 g/mol. The zero-order chi connectivity index (χ0) is 42.3. The van der Waals surface area contributed by atoms with E-state index in [1.54, 1.807) is 49.7 Å². The molecule has 1 saturated heterocycles. The van der Waals surface area contributed by atoms with Crippen LogP contribution in [0.5, 0.6) is 23.0 Å². The largest absolute Gasteiger partial charge is 0.496 e. The standard InChI is InChI=1S/C44H54N8O6S/c1-28(27-52-21-19-51(5)20-22-52)46-42(53)34-14-13-30(25-39(34)56-6)47-40-26-31(17-18-45-40)58-38-16-15-35(32-11-9-10-12-33(32)38)48-43(54)49-36-23-29(44(2,3)4)24-37(41(36)57-7)50-59(8)55/h9-18,23-26,28,50H,19-22,27H2,1-8H3,(H,45,47)(H,46,53)(H2,48,49,54). The second kappa shape index (κ2) is 18.8. The number of pyridine rings is 1. The van der Waals surface area contributed by atoms with E-state index in [4.69, 9.17) is 14.2 Å². The second-order valence-electron chi connectivity index (χ2n) is 15.6. The lowest BCUT2D eigenvalue weighted by Gasteiger charge is -2.34. The van der Waals surface area contributed by atoms with E-state index >= 15 is 0 Å². The van der Waals surface area contributed by atoms with Crippen LogP contribution in [0.4, 0.5) is 33.4 Å². The average Bonchev–Trinajstić information content (AvgIpc) is 3.19. The van der Waals surface area contributed by atoms with E-state index in [1.165, 1.54) is 13.4 Å². The molecule has 312 valence electrons. The first kappa shape index (κ1) is 42.7. The summed E-state index contributed by atoms with van der Waals surface area (Å²) in [5, 5.41) is 13.9. The minimum absolute atomic E-state index is 0.0245. The number of fused-ring (bicyclic) bond motifs is 1. The Morgan fingerprint density at radius 3 is 2.25 bits per heavy atom. The number of nitrogens with one attached hydrogen (secondary N) is 5. The highest BCUT2D eigenvalue weighted by atomic mass is 32.2. The molecule has 1 aromatic heterocycles. The molecule has 1 aliphatic heterocycles. The van der Waals surface area contributed by atoms with Gasteiger partial charge in [-0.3, -0.25) is 9.69 Å². The third kappa shape index (κ3) is 11.0. The van der Waals surface area contributed by atoms with Gasteiger partial charge in [-0.25, -0.2) is 14.0 Å². The van der Waals surface area contributed by atoms with Gasteiger partial charge >= 0.3 is 6.03 Å². The van der Waals surface area contributed by atoms with Crippen molar-refractivity contribution in [3.63, 3.8) is 0 Å². The lowest BCUT2D eigenvalue weighted by Crippen LogP contribution is -2.49. The fraction of sp³-hybridized carbons (Fsp3) is 0.341. The summed E-state index contributed by atoms with van der Waals surface area (Å²) < 4.78 is 32.7. The molecule has 0 spiro atoms. The van der Waals surface area contributed by atoms with Crippen molar-refractivity contribution in [1.29, 1.82) is 0 Å². The lowest BCUT2D eigenvalue weighted by atomic mass is 9.86. The van der Waals surface area contributed by atoms with Crippen molar-refractivity contribution in [1.82, 2.24) is 20.1 Å². The minimum atomic E-state index is -1.36. The maximum Gasteiger partial charge on any atom is 0.323 e. The van der Waals surface area contributed by atoms with Gasteiger partial charge in [-0.1, -0.05) is 45.0 Å². The van der Waals surface area contributed by atoms with Crippen LogP contribution < -0.4 is 40.2 Å². The Morgan fingerprint density at radius 2 is 1.56 bits per heavy atom. The summed E-state index contributed by atoms with van der Waals surface area (Å²) in [6, 6.07) is 23.3. The van der Waals surface area contributed by atoms with Crippen LogP contribution in [0.25, 0.3) is 10.8 Å². The summed E-state index contributed by atoms with van der Waals surface area (Å²) in [4.78, 5) is 35.9. The fourth-order valence-electron chi connectivity index (χ4n) is 6.89. The number of urea groups is 1. The normalized spacial score (nSPS) is 14.5. The van der Waals surface area contributed by atoms with Gasteiger partial charge in [0.2, 0.25) is 0 Å². The lowest BCUT2D eigenvalue weighted by molar-refractivity contribution is 0.0911. The Balaban J connectivity index is 1.14. The molecular formula is C44H54N8O6S. The zero-order valence-corrected chi connectivity index (χ0v) is 35.7. The summed E-state index contributed by atoms with van der Waals surface area (Å²) >= 11 is 0. The molecule has 3 amide bonds. The van der Waals surface area contributed by atoms with E-state index in [0.29, 0.717) is 57.1 Å². The Labute approximate surface area is 348 Å². The molecule has 2 unspecified atom stereocenters. The van der Waals surface area contributed by atoms with Crippen LogP contribution in [-0.4, -0.2) is 97.2 Å². The molecule has 5 aromatic rings. The number of hydrogen-bond acceptors (Lipinski definition) is 10. The highest BCUT2D eigenvalue weighted by molar-refractivity contribution is 7.85. The van der Waals surface area contributed by atoms with E-state index in [0.717, 1.165) is 49.1 Å². The maximum absolute atomic E-state index is 13.5. The summed E-state index contributed by atoms with van der Waals surface area (Å²) in [5.41, 5.74) is 3.30. The maximum atomic E-state index is 13.5. The molecule has 0 aliphatic carbocycles. The number of carbonyl (C=O) groups excluding carboxylic acids is 2. The molecule has 0 saturated carbocycles. The summed E-state index contributed by atoms with van der Waals surface area (Å²) in [6.07, 6.45) is 3.17. The topological polar surface area (TPSA) is 158 Å². The van der Waals surface area contributed by atoms with Gasteiger partial charge < -0.3 is 45.1 Å². The molecule has 59 heavy (non-hydrogen) atoms. The quantitative estimate of drug-likeness (QED) is 0.0749. The Hall–Kier alpha value is -5.90. The van der Waals surface area contributed by atoms with Gasteiger partial charge in [-0.05, 0) is 67.4 Å². The molecule has 5 N–H and O–H groups in total. The van der Waals surface area contributed by atoms with Crippen LogP contribution in [0.3, 0.4) is 0 Å². The van der Waals surface area contributed by atoms with Gasteiger partial charge in [0.05, 0.1) is 36.8 Å². The summed E-state index contributed by atoms with van der Waals surface area (Å²) in [7, 11) is 3.81.